The Morgan fingerprint density at radius 2 is 1.62 bits per heavy atom. The van der Waals surface area contributed by atoms with Gasteiger partial charge in [-0.05, 0) is 19.4 Å². The quantitative estimate of drug-likeness (QED) is 0.580. The van der Waals surface area contributed by atoms with Gasteiger partial charge in [0.05, 0.1) is 0 Å². The highest BCUT2D eigenvalue weighted by molar-refractivity contribution is 5.26. The smallest absolute Gasteiger partial charge is 0.166 e. The Balaban J connectivity index is 2.45. The van der Waals surface area contributed by atoms with Gasteiger partial charge in [0.25, 0.3) is 0 Å². The molecular formula is C11H11F4N. The summed E-state index contributed by atoms with van der Waals surface area (Å²) in [6.45, 7) is 0.599. The van der Waals surface area contributed by atoms with Crippen LogP contribution in [0.1, 0.15) is 30.9 Å². The van der Waals surface area contributed by atoms with Crippen molar-refractivity contribution in [3.63, 3.8) is 0 Å². The third-order valence-corrected chi connectivity index (χ3v) is 2.80. The topological polar surface area (TPSA) is 12.0 Å². The molecule has 1 heterocycles. The highest BCUT2D eigenvalue weighted by atomic mass is 19.2. The Labute approximate surface area is 90.5 Å². The molecule has 1 aliphatic heterocycles. The van der Waals surface area contributed by atoms with Crippen LogP contribution >= 0.6 is 0 Å². The molecule has 1 aromatic rings. The summed E-state index contributed by atoms with van der Waals surface area (Å²) in [6.07, 6.45) is 2.17. The average molecular weight is 233 g/mol. The van der Waals surface area contributed by atoms with Gasteiger partial charge in [-0.1, -0.05) is 6.42 Å². The van der Waals surface area contributed by atoms with Crippen molar-refractivity contribution >= 4 is 0 Å². The predicted octanol–water partition coefficient (Wildman–Crippen LogP) is 3.06. The largest absolute Gasteiger partial charge is 0.310 e. The summed E-state index contributed by atoms with van der Waals surface area (Å²) in [5, 5.41) is 2.86. The van der Waals surface area contributed by atoms with Gasteiger partial charge in [0, 0.05) is 17.7 Å². The van der Waals surface area contributed by atoms with Crippen molar-refractivity contribution in [2.24, 2.45) is 0 Å². The Morgan fingerprint density at radius 1 is 1.00 bits per heavy atom. The monoisotopic (exact) mass is 233 g/mol. The summed E-state index contributed by atoms with van der Waals surface area (Å²) in [5.41, 5.74) is -0.516. The second-order valence-electron chi connectivity index (χ2n) is 3.88. The molecule has 0 radical (unpaired) electrons. The van der Waals surface area contributed by atoms with Crippen molar-refractivity contribution in [3.8, 4) is 0 Å². The molecule has 1 saturated heterocycles. The van der Waals surface area contributed by atoms with E-state index >= 15 is 0 Å². The van der Waals surface area contributed by atoms with Crippen molar-refractivity contribution in [1.29, 1.82) is 0 Å². The number of halogens is 4. The minimum Gasteiger partial charge on any atom is -0.310 e. The zero-order valence-electron chi connectivity index (χ0n) is 8.49. The van der Waals surface area contributed by atoms with Gasteiger partial charge < -0.3 is 5.32 Å². The average Bonchev–Trinajstić information content (AvgIpc) is 2.28. The number of hydrogen-bond donors (Lipinski definition) is 1. The summed E-state index contributed by atoms with van der Waals surface area (Å²) < 4.78 is 52.7. The van der Waals surface area contributed by atoms with Crippen LogP contribution in [-0.2, 0) is 0 Å². The van der Waals surface area contributed by atoms with E-state index in [0.717, 1.165) is 12.8 Å². The van der Waals surface area contributed by atoms with E-state index < -0.39 is 34.9 Å². The number of piperidine rings is 1. The summed E-state index contributed by atoms with van der Waals surface area (Å²) in [4.78, 5) is 0. The Hall–Kier alpha value is -1.10. The standard InChI is InChI=1S/C11H11F4N/c12-6-5-7(13)11(15)9(10(6)14)8-3-1-2-4-16-8/h5,8,16H,1-4H2/t8-/m0/s1. The minimum absolute atomic E-state index is 0.233. The first-order chi connectivity index (χ1) is 7.61. The van der Waals surface area contributed by atoms with Crippen molar-refractivity contribution in [2.45, 2.75) is 25.3 Å². The first-order valence-electron chi connectivity index (χ1n) is 5.17. The number of nitrogens with one attached hydrogen (secondary N) is 1. The van der Waals surface area contributed by atoms with Gasteiger partial charge in [-0.3, -0.25) is 0 Å². The molecule has 0 unspecified atom stereocenters. The molecule has 1 N–H and O–H groups in total. The first-order valence-corrected chi connectivity index (χ1v) is 5.17. The molecule has 16 heavy (non-hydrogen) atoms. The Morgan fingerprint density at radius 3 is 2.12 bits per heavy atom. The fourth-order valence-corrected chi connectivity index (χ4v) is 2.00. The van der Waals surface area contributed by atoms with E-state index in [1.807, 2.05) is 0 Å². The molecule has 0 spiro atoms. The summed E-state index contributed by atoms with van der Waals surface area (Å²) >= 11 is 0. The second-order valence-corrected chi connectivity index (χ2v) is 3.88. The van der Waals surface area contributed by atoms with Gasteiger partial charge in [0.2, 0.25) is 0 Å². The number of rotatable bonds is 1. The third-order valence-electron chi connectivity index (χ3n) is 2.80. The molecule has 5 heteroatoms. The van der Waals surface area contributed by atoms with Crippen LogP contribution in [0.3, 0.4) is 0 Å². The molecule has 0 aromatic heterocycles. The van der Waals surface area contributed by atoms with Crippen LogP contribution in [0.4, 0.5) is 17.6 Å². The maximum absolute atomic E-state index is 13.4. The molecule has 1 aromatic carbocycles. The van der Waals surface area contributed by atoms with E-state index in [4.69, 9.17) is 0 Å². The Kier molecular flexibility index (Phi) is 3.14. The number of benzene rings is 1. The van der Waals surface area contributed by atoms with Crippen LogP contribution in [0.5, 0.6) is 0 Å². The Bertz CT molecular complexity index is 373. The van der Waals surface area contributed by atoms with E-state index in [2.05, 4.69) is 5.32 Å². The number of hydrogen-bond acceptors (Lipinski definition) is 1. The van der Waals surface area contributed by atoms with Crippen LogP contribution < -0.4 is 5.32 Å². The van der Waals surface area contributed by atoms with Crippen molar-refractivity contribution in [2.75, 3.05) is 6.54 Å². The van der Waals surface area contributed by atoms with Crippen LogP contribution in [0, 0.1) is 23.3 Å². The van der Waals surface area contributed by atoms with Crippen LogP contribution in [0.25, 0.3) is 0 Å². The summed E-state index contributed by atoms with van der Waals surface area (Å²) in [5.74, 6) is -5.28. The normalized spacial score (nSPS) is 21.1. The molecule has 1 atom stereocenters. The molecular weight excluding hydrogens is 222 g/mol. The van der Waals surface area contributed by atoms with Gasteiger partial charge in [-0.25, -0.2) is 17.6 Å². The molecule has 1 aliphatic rings. The molecule has 2 rings (SSSR count). The molecule has 0 bridgehead atoms. The molecule has 1 fully saturated rings. The summed E-state index contributed by atoms with van der Waals surface area (Å²) in [6, 6.07) is -0.407. The van der Waals surface area contributed by atoms with E-state index in [0.29, 0.717) is 13.0 Å². The lowest BCUT2D eigenvalue weighted by atomic mass is 9.96. The van der Waals surface area contributed by atoms with Crippen LogP contribution in [-0.4, -0.2) is 6.54 Å². The predicted molar refractivity (Wildman–Crippen MR) is 50.9 cm³/mol. The van der Waals surface area contributed by atoms with Gasteiger partial charge >= 0.3 is 0 Å². The maximum Gasteiger partial charge on any atom is 0.166 e. The molecule has 1 nitrogen and oxygen atoms in total. The van der Waals surface area contributed by atoms with Gasteiger partial charge in [-0.15, -0.1) is 0 Å². The molecule has 0 saturated carbocycles. The van der Waals surface area contributed by atoms with Gasteiger partial charge in [0.1, 0.15) is 0 Å². The third kappa shape index (κ3) is 1.91. The molecule has 0 aliphatic carbocycles. The van der Waals surface area contributed by atoms with Gasteiger partial charge in [0.15, 0.2) is 23.3 Å². The van der Waals surface area contributed by atoms with Crippen LogP contribution in [0.2, 0.25) is 0 Å². The highest BCUT2D eigenvalue weighted by Gasteiger charge is 2.26. The van der Waals surface area contributed by atoms with E-state index in [1.165, 1.54) is 0 Å². The van der Waals surface area contributed by atoms with Crippen molar-refractivity contribution in [3.05, 3.63) is 34.9 Å². The van der Waals surface area contributed by atoms with E-state index in [1.54, 1.807) is 0 Å². The SMILES string of the molecule is Fc1cc(F)c(F)c([C@@H]2CCCCN2)c1F. The highest BCUT2D eigenvalue weighted by Crippen LogP contribution is 2.29. The molecule has 88 valence electrons. The lowest BCUT2D eigenvalue weighted by Gasteiger charge is -2.24. The fraction of sp³-hybridized carbons (Fsp3) is 0.455. The van der Waals surface area contributed by atoms with Crippen molar-refractivity contribution < 1.29 is 17.6 Å². The fourth-order valence-electron chi connectivity index (χ4n) is 2.00. The molecule has 0 amide bonds. The lowest BCUT2D eigenvalue weighted by Crippen LogP contribution is -2.29. The van der Waals surface area contributed by atoms with Crippen molar-refractivity contribution in [1.82, 2.24) is 5.32 Å². The summed E-state index contributed by atoms with van der Waals surface area (Å²) in [7, 11) is 0. The zero-order chi connectivity index (χ0) is 11.7. The van der Waals surface area contributed by atoms with Crippen LogP contribution in [0.15, 0.2) is 6.07 Å². The van der Waals surface area contributed by atoms with E-state index in [9.17, 15) is 17.6 Å². The lowest BCUT2D eigenvalue weighted by molar-refractivity contribution is 0.363. The zero-order valence-corrected chi connectivity index (χ0v) is 8.49. The second kappa shape index (κ2) is 4.41. The minimum atomic E-state index is -1.35. The van der Waals surface area contributed by atoms with Gasteiger partial charge in [-0.2, -0.15) is 0 Å². The van der Waals surface area contributed by atoms with E-state index in [-0.39, 0.29) is 6.07 Å². The maximum atomic E-state index is 13.4. The first kappa shape index (κ1) is 11.4.